The molecule has 0 aliphatic carbocycles. The lowest BCUT2D eigenvalue weighted by atomic mass is 10.2. The second-order valence-electron chi connectivity index (χ2n) is 3.50. The summed E-state index contributed by atoms with van der Waals surface area (Å²) in [7, 11) is 0. The summed E-state index contributed by atoms with van der Waals surface area (Å²) < 4.78 is 26.1. The van der Waals surface area contributed by atoms with Crippen LogP contribution < -0.4 is 5.32 Å². The number of nitrogens with zero attached hydrogens (tertiary/aromatic N) is 1. The monoisotopic (exact) mass is 280 g/mol. The number of halogens is 2. The fourth-order valence-corrected chi connectivity index (χ4v) is 1.53. The van der Waals surface area contributed by atoms with Gasteiger partial charge in [0, 0.05) is 12.5 Å². The van der Waals surface area contributed by atoms with Crippen molar-refractivity contribution in [3.63, 3.8) is 0 Å². The van der Waals surface area contributed by atoms with Crippen LogP contribution in [-0.2, 0) is 0 Å². The van der Waals surface area contributed by atoms with E-state index in [-0.39, 0.29) is 28.4 Å². The van der Waals surface area contributed by atoms with Crippen LogP contribution in [0.5, 0.6) is 0 Å². The van der Waals surface area contributed by atoms with E-state index in [2.05, 4.69) is 11.9 Å². The number of nitrogens with one attached hydrogen (secondary N) is 1. The predicted octanol–water partition coefficient (Wildman–Crippen LogP) is 3.62. The molecule has 1 rings (SSSR count). The molecule has 0 fully saturated rings. The Morgan fingerprint density at radius 3 is 2.74 bits per heavy atom. The molecule has 0 radical (unpaired) electrons. The fourth-order valence-electron chi connectivity index (χ4n) is 1.26. The topological polar surface area (TPSA) is 56.0 Å². The van der Waals surface area contributed by atoms with E-state index in [9.17, 15) is 13.9 Å². The molecule has 0 atom stereocenters. The Balaban J connectivity index is 2.99. The third-order valence-corrected chi connectivity index (χ3v) is 2.45. The van der Waals surface area contributed by atoms with Crippen LogP contribution in [0, 0.1) is 23.0 Å². The molecule has 1 aromatic carbocycles. The van der Waals surface area contributed by atoms with E-state index in [0.717, 1.165) is 12.1 Å². The van der Waals surface area contributed by atoms with Crippen LogP contribution in [0.1, 0.15) is 6.42 Å². The number of rotatable bonds is 4. The summed E-state index contributed by atoms with van der Waals surface area (Å²) >= 11 is 4.89. The van der Waals surface area contributed by atoms with Crippen LogP contribution in [-0.4, -0.2) is 10.1 Å². The number of thiocarbonyl (C=S) groups is 1. The molecule has 0 saturated heterocycles. The van der Waals surface area contributed by atoms with Gasteiger partial charge in [0.25, 0.3) is 0 Å². The molecule has 0 aliphatic rings. The number of nitriles is 1. The highest BCUT2D eigenvalue weighted by Gasteiger charge is 2.12. The van der Waals surface area contributed by atoms with Crippen LogP contribution in [0.3, 0.4) is 0 Å². The van der Waals surface area contributed by atoms with Gasteiger partial charge in [-0.15, -0.1) is 6.58 Å². The van der Waals surface area contributed by atoms with E-state index in [1.54, 1.807) is 6.07 Å². The maximum absolute atomic E-state index is 13.4. The molecule has 0 spiro atoms. The molecule has 98 valence electrons. The van der Waals surface area contributed by atoms with Gasteiger partial charge in [-0.3, -0.25) is 0 Å². The summed E-state index contributed by atoms with van der Waals surface area (Å²) in [5.41, 5.74) is -0.260. The van der Waals surface area contributed by atoms with E-state index in [4.69, 9.17) is 17.5 Å². The number of hydrogen-bond donors (Lipinski definition) is 2. The van der Waals surface area contributed by atoms with E-state index in [0.29, 0.717) is 6.07 Å². The lowest BCUT2D eigenvalue weighted by molar-refractivity contribution is 0.399. The summed E-state index contributed by atoms with van der Waals surface area (Å²) in [6.07, 6.45) is 1.46. The van der Waals surface area contributed by atoms with Crippen molar-refractivity contribution in [1.29, 1.82) is 5.26 Å². The quantitative estimate of drug-likeness (QED) is 0.291. The lowest BCUT2D eigenvalue weighted by Gasteiger charge is -2.09. The van der Waals surface area contributed by atoms with Gasteiger partial charge in [0.2, 0.25) is 0 Å². The highest BCUT2D eigenvalue weighted by molar-refractivity contribution is 7.81. The molecule has 0 heterocycles. The molecule has 2 N–H and O–H groups in total. The van der Waals surface area contributed by atoms with Gasteiger partial charge in [-0.1, -0.05) is 18.3 Å². The highest BCUT2D eigenvalue weighted by atomic mass is 32.1. The Hall–Kier alpha value is -2.26. The largest absolute Gasteiger partial charge is 0.510 e. The molecular formula is C13H10F2N2OS. The summed E-state index contributed by atoms with van der Waals surface area (Å²) in [5.74, 6) is -1.83. The number of hydrogen-bond acceptors (Lipinski definition) is 3. The van der Waals surface area contributed by atoms with E-state index in [1.807, 2.05) is 0 Å². The van der Waals surface area contributed by atoms with Gasteiger partial charge in [0.05, 0.1) is 5.69 Å². The Kier molecular flexibility index (Phi) is 5.15. The predicted molar refractivity (Wildman–Crippen MR) is 72.7 cm³/mol. The average Bonchev–Trinajstić information content (AvgIpc) is 2.34. The maximum Gasteiger partial charge on any atom is 0.149 e. The van der Waals surface area contributed by atoms with Crippen LogP contribution in [0.4, 0.5) is 14.5 Å². The van der Waals surface area contributed by atoms with Crippen molar-refractivity contribution in [1.82, 2.24) is 0 Å². The number of anilines is 1. The lowest BCUT2D eigenvalue weighted by Crippen LogP contribution is -2.14. The van der Waals surface area contributed by atoms with Crippen molar-refractivity contribution >= 4 is 22.9 Å². The normalized spacial score (nSPS) is 11.2. The molecule has 1 aromatic rings. The van der Waals surface area contributed by atoms with Crippen LogP contribution in [0.2, 0.25) is 0 Å². The highest BCUT2D eigenvalue weighted by Crippen LogP contribution is 2.17. The van der Waals surface area contributed by atoms with Gasteiger partial charge >= 0.3 is 0 Å². The van der Waals surface area contributed by atoms with Crippen molar-refractivity contribution in [2.45, 2.75) is 6.42 Å². The first kappa shape index (κ1) is 14.8. The number of allylic oxidation sites excluding steroid dienone is 1. The fraction of sp³-hybridized carbons (Fsp3) is 0.0769. The second kappa shape index (κ2) is 6.61. The maximum atomic E-state index is 13.4. The first-order valence-electron chi connectivity index (χ1n) is 5.19. The summed E-state index contributed by atoms with van der Waals surface area (Å²) in [4.78, 5) is -0.146. The summed E-state index contributed by atoms with van der Waals surface area (Å²) in [6, 6.07) is 4.60. The van der Waals surface area contributed by atoms with Crippen molar-refractivity contribution in [2.75, 3.05) is 5.32 Å². The third-order valence-electron chi connectivity index (χ3n) is 2.14. The molecule has 0 aromatic heterocycles. The first-order valence-corrected chi connectivity index (χ1v) is 5.60. The Morgan fingerprint density at radius 1 is 1.53 bits per heavy atom. The van der Waals surface area contributed by atoms with E-state index in [1.165, 1.54) is 6.08 Å². The van der Waals surface area contributed by atoms with Crippen molar-refractivity contribution in [3.05, 3.63) is 53.8 Å². The first-order chi connectivity index (χ1) is 8.99. The van der Waals surface area contributed by atoms with Crippen LogP contribution in [0.15, 0.2) is 42.2 Å². The minimum atomic E-state index is -0.845. The molecule has 19 heavy (non-hydrogen) atoms. The molecule has 0 saturated carbocycles. The number of aliphatic hydroxyl groups excluding tert-OH is 1. The van der Waals surface area contributed by atoms with Gasteiger partial charge < -0.3 is 10.4 Å². The molecule has 0 amide bonds. The average molecular weight is 280 g/mol. The van der Waals surface area contributed by atoms with Gasteiger partial charge in [-0.05, 0) is 12.1 Å². The van der Waals surface area contributed by atoms with Crippen LogP contribution in [0.25, 0.3) is 0 Å². The minimum Gasteiger partial charge on any atom is -0.510 e. The molecule has 0 aliphatic heterocycles. The van der Waals surface area contributed by atoms with Crippen molar-refractivity contribution in [3.8, 4) is 6.07 Å². The van der Waals surface area contributed by atoms with Gasteiger partial charge in [-0.2, -0.15) is 5.26 Å². The van der Waals surface area contributed by atoms with Gasteiger partial charge in [0.1, 0.15) is 34.0 Å². The molecule has 3 nitrogen and oxygen atoms in total. The standard InChI is InChI=1S/C13H10F2N2OS/c1-2-3-12(18)9(7-16)13(19)17-11-5-4-8(14)6-10(11)15/h2,4-6,18H,1,3H2,(H,17,19)/b12-9-. The zero-order chi connectivity index (χ0) is 14.4. The molecule has 0 unspecified atom stereocenters. The van der Waals surface area contributed by atoms with Crippen molar-refractivity contribution in [2.24, 2.45) is 0 Å². The van der Waals surface area contributed by atoms with Gasteiger partial charge in [0.15, 0.2) is 0 Å². The van der Waals surface area contributed by atoms with Crippen molar-refractivity contribution < 1.29 is 13.9 Å². The Morgan fingerprint density at radius 2 is 2.21 bits per heavy atom. The SMILES string of the molecule is C=CC/C(O)=C(\C#N)C(=S)Nc1ccc(F)cc1F. The van der Waals surface area contributed by atoms with Gasteiger partial charge in [-0.25, -0.2) is 8.78 Å². The molecule has 0 bridgehead atoms. The molecular weight excluding hydrogens is 270 g/mol. The zero-order valence-corrected chi connectivity index (χ0v) is 10.6. The minimum absolute atomic E-state index is 0.0661. The summed E-state index contributed by atoms with van der Waals surface area (Å²) in [6.45, 7) is 3.42. The smallest absolute Gasteiger partial charge is 0.149 e. The molecule has 6 heteroatoms. The Bertz CT molecular complexity index is 591. The van der Waals surface area contributed by atoms with E-state index < -0.39 is 11.6 Å². The van der Waals surface area contributed by atoms with E-state index >= 15 is 0 Å². The van der Waals surface area contributed by atoms with Crippen LogP contribution >= 0.6 is 12.2 Å². The third kappa shape index (κ3) is 3.86. The number of benzene rings is 1. The Labute approximate surface area is 114 Å². The number of aliphatic hydroxyl groups is 1. The zero-order valence-electron chi connectivity index (χ0n) is 9.78. The summed E-state index contributed by atoms with van der Waals surface area (Å²) in [5, 5.41) is 20.9. The second-order valence-corrected chi connectivity index (χ2v) is 3.91.